The van der Waals surface area contributed by atoms with Crippen molar-refractivity contribution in [2.24, 2.45) is 5.73 Å². The number of hydrogen-bond donors (Lipinski definition) is 2. The zero-order valence-corrected chi connectivity index (χ0v) is 13.3. The van der Waals surface area contributed by atoms with E-state index in [1.54, 1.807) is 31.2 Å². The Morgan fingerprint density at radius 3 is 2.45 bits per heavy atom. The van der Waals surface area contributed by atoms with E-state index in [2.05, 4.69) is 10.1 Å². The Morgan fingerprint density at radius 2 is 1.91 bits per heavy atom. The SMILES string of the molecule is CCCC(C)(N)C(=O)Nc1ccc(OCCC(=O)OC)cc1. The highest BCUT2D eigenvalue weighted by Crippen LogP contribution is 2.18. The average Bonchev–Trinajstić information content (AvgIpc) is 2.48. The fraction of sp³-hybridized carbons (Fsp3) is 0.500. The second-order valence-corrected chi connectivity index (χ2v) is 5.32. The zero-order valence-electron chi connectivity index (χ0n) is 13.3. The van der Waals surface area contributed by atoms with Gasteiger partial charge in [0, 0.05) is 5.69 Å². The summed E-state index contributed by atoms with van der Waals surface area (Å²) in [5.41, 5.74) is 5.74. The Bertz CT molecular complexity index is 497. The van der Waals surface area contributed by atoms with Crippen molar-refractivity contribution in [2.75, 3.05) is 19.0 Å². The Hall–Kier alpha value is -2.08. The third-order valence-electron chi connectivity index (χ3n) is 3.20. The third kappa shape index (κ3) is 5.73. The summed E-state index contributed by atoms with van der Waals surface area (Å²) in [4.78, 5) is 23.0. The number of nitrogens with one attached hydrogen (secondary N) is 1. The summed E-state index contributed by atoms with van der Waals surface area (Å²) in [6.45, 7) is 3.95. The first-order chi connectivity index (χ1) is 10.4. The molecule has 0 spiro atoms. The molecule has 1 unspecified atom stereocenters. The maximum absolute atomic E-state index is 12.1. The first kappa shape index (κ1) is 18.0. The van der Waals surface area contributed by atoms with Crippen molar-refractivity contribution in [3.05, 3.63) is 24.3 Å². The number of amides is 1. The summed E-state index contributed by atoms with van der Waals surface area (Å²) >= 11 is 0. The number of benzene rings is 1. The number of ether oxygens (including phenoxy) is 2. The molecule has 0 aliphatic carbocycles. The second kappa shape index (κ2) is 8.38. The van der Waals surface area contributed by atoms with Crippen molar-refractivity contribution in [2.45, 2.75) is 38.6 Å². The lowest BCUT2D eigenvalue weighted by atomic mass is 9.96. The highest BCUT2D eigenvalue weighted by molar-refractivity contribution is 5.97. The van der Waals surface area contributed by atoms with Crippen LogP contribution in [0.1, 0.15) is 33.1 Å². The molecule has 0 heterocycles. The van der Waals surface area contributed by atoms with Crippen LogP contribution in [0.2, 0.25) is 0 Å². The van der Waals surface area contributed by atoms with Crippen LogP contribution in [0.5, 0.6) is 5.75 Å². The number of anilines is 1. The first-order valence-corrected chi connectivity index (χ1v) is 7.29. The van der Waals surface area contributed by atoms with Gasteiger partial charge in [0.05, 0.1) is 25.7 Å². The Labute approximate surface area is 131 Å². The smallest absolute Gasteiger partial charge is 0.308 e. The monoisotopic (exact) mass is 308 g/mol. The van der Waals surface area contributed by atoms with E-state index in [9.17, 15) is 9.59 Å². The van der Waals surface area contributed by atoms with Gasteiger partial charge in [-0.2, -0.15) is 0 Å². The molecule has 1 rings (SSSR count). The summed E-state index contributed by atoms with van der Waals surface area (Å²) in [5.74, 6) is 0.0849. The van der Waals surface area contributed by atoms with E-state index in [0.29, 0.717) is 17.9 Å². The van der Waals surface area contributed by atoms with Gasteiger partial charge in [0.2, 0.25) is 5.91 Å². The molecule has 1 atom stereocenters. The van der Waals surface area contributed by atoms with Crippen LogP contribution in [0.15, 0.2) is 24.3 Å². The van der Waals surface area contributed by atoms with E-state index >= 15 is 0 Å². The molecule has 0 radical (unpaired) electrons. The fourth-order valence-electron chi connectivity index (χ4n) is 1.90. The van der Waals surface area contributed by atoms with E-state index in [1.165, 1.54) is 7.11 Å². The predicted molar refractivity (Wildman–Crippen MR) is 84.7 cm³/mol. The molecule has 22 heavy (non-hydrogen) atoms. The van der Waals surface area contributed by atoms with Gasteiger partial charge in [0.1, 0.15) is 5.75 Å². The van der Waals surface area contributed by atoms with Crippen LogP contribution in [0.25, 0.3) is 0 Å². The quantitative estimate of drug-likeness (QED) is 0.718. The highest BCUT2D eigenvalue weighted by Gasteiger charge is 2.27. The minimum atomic E-state index is -0.884. The zero-order chi connectivity index (χ0) is 16.6. The molecule has 1 aromatic rings. The summed E-state index contributed by atoms with van der Waals surface area (Å²) in [7, 11) is 1.34. The van der Waals surface area contributed by atoms with Crippen LogP contribution in [0.4, 0.5) is 5.69 Å². The molecular formula is C16H24N2O4. The predicted octanol–water partition coefficient (Wildman–Crippen LogP) is 2.08. The summed E-state index contributed by atoms with van der Waals surface area (Å²) < 4.78 is 9.93. The van der Waals surface area contributed by atoms with Crippen LogP contribution in [0, 0.1) is 0 Å². The largest absolute Gasteiger partial charge is 0.493 e. The highest BCUT2D eigenvalue weighted by atomic mass is 16.5. The number of carbonyl (C=O) groups excluding carboxylic acids is 2. The van der Waals surface area contributed by atoms with Crippen molar-refractivity contribution >= 4 is 17.6 Å². The number of rotatable bonds is 8. The molecule has 0 aliphatic heterocycles. The van der Waals surface area contributed by atoms with E-state index in [0.717, 1.165) is 6.42 Å². The van der Waals surface area contributed by atoms with E-state index in [1.807, 2.05) is 6.92 Å². The Morgan fingerprint density at radius 1 is 1.27 bits per heavy atom. The Kier molecular flexibility index (Phi) is 6.85. The standard InChI is InChI=1S/C16H24N2O4/c1-4-10-16(2,17)15(20)18-12-5-7-13(8-6-12)22-11-9-14(19)21-3/h5-8H,4,9-11,17H2,1-3H3,(H,18,20). The molecule has 1 aromatic carbocycles. The van der Waals surface area contributed by atoms with Gasteiger partial charge in [-0.3, -0.25) is 9.59 Å². The molecule has 0 aliphatic rings. The lowest BCUT2D eigenvalue weighted by Crippen LogP contribution is -2.48. The molecule has 0 fully saturated rings. The molecule has 0 saturated heterocycles. The normalized spacial score (nSPS) is 13.1. The van der Waals surface area contributed by atoms with Crippen molar-refractivity contribution in [3.63, 3.8) is 0 Å². The topological polar surface area (TPSA) is 90.7 Å². The lowest BCUT2D eigenvalue weighted by molar-refractivity contribution is -0.141. The molecule has 0 saturated carbocycles. The van der Waals surface area contributed by atoms with Crippen molar-refractivity contribution in [1.29, 1.82) is 0 Å². The average molecular weight is 308 g/mol. The molecule has 122 valence electrons. The van der Waals surface area contributed by atoms with Gasteiger partial charge in [0.25, 0.3) is 0 Å². The van der Waals surface area contributed by atoms with E-state index < -0.39 is 5.54 Å². The summed E-state index contributed by atoms with van der Waals surface area (Å²) in [5, 5.41) is 2.78. The van der Waals surface area contributed by atoms with Crippen LogP contribution >= 0.6 is 0 Å². The molecule has 6 heteroatoms. The maximum atomic E-state index is 12.1. The number of nitrogens with two attached hydrogens (primary N) is 1. The van der Waals surface area contributed by atoms with Crippen LogP contribution < -0.4 is 15.8 Å². The fourth-order valence-corrected chi connectivity index (χ4v) is 1.90. The number of esters is 1. The number of hydrogen-bond acceptors (Lipinski definition) is 5. The van der Waals surface area contributed by atoms with Gasteiger partial charge in [-0.1, -0.05) is 13.3 Å². The van der Waals surface area contributed by atoms with Gasteiger partial charge in [0.15, 0.2) is 0 Å². The van der Waals surface area contributed by atoms with Crippen LogP contribution in [-0.4, -0.2) is 31.1 Å². The van der Waals surface area contributed by atoms with Gasteiger partial charge in [-0.05, 0) is 37.6 Å². The molecule has 3 N–H and O–H groups in total. The van der Waals surface area contributed by atoms with Gasteiger partial charge in [-0.15, -0.1) is 0 Å². The number of methoxy groups -OCH3 is 1. The summed E-state index contributed by atoms with van der Waals surface area (Å²) in [6.07, 6.45) is 1.65. The second-order valence-electron chi connectivity index (χ2n) is 5.32. The third-order valence-corrected chi connectivity index (χ3v) is 3.20. The number of carbonyl (C=O) groups is 2. The maximum Gasteiger partial charge on any atom is 0.308 e. The Balaban J connectivity index is 2.51. The molecule has 0 bridgehead atoms. The van der Waals surface area contributed by atoms with E-state index in [-0.39, 0.29) is 24.9 Å². The van der Waals surface area contributed by atoms with Gasteiger partial charge in [-0.25, -0.2) is 0 Å². The van der Waals surface area contributed by atoms with Crippen LogP contribution in [0.3, 0.4) is 0 Å². The van der Waals surface area contributed by atoms with Crippen LogP contribution in [-0.2, 0) is 14.3 Å². The van der Waals surface area contributed by atoms with Crippen molar-refractivity contribution in [3.8, 4) is 5.75 Å². The molecule has 1 amide bonds. The van der Waals surface area contributed by atoms with Crippen molar-refractivity contribution < 1.29 is 19.1 Å². The minimum Gasteiger partial charge on any atom is -0.493 e. The van der Waals surface area contributed by atoms with E-state index in [4.69, 9.17) is 10.5 Å². The molecular weight excluding hydrogens is 284 g/mol. The van der Waals surface area contributed by atoms with Gasteiger partial charge < -0.3 is 20.5 Å². The molecule has 0 aromatic heterocycles. The summed E-state index contributed by atoms with van der Waals surface area (Å²) in [6, 6.07) is 6.90. The molecule has 6 nitrogen and oxygen atoms in total. The lowest BCUT2D eigenvalue weighted by Gasteiger charge is -2.22. The minimum absolute atomic E-state index is 0.192. The first-order valence-electron chi connectivity index (χ1n) is 7.29. The van der Waals surface area contributed by atoms with Gasteiger partial charge >= 0.3 is 5.97 Å². The van der Waals surface area contributed by atoms with Crippen molar-refractivity contribution in [1.82, 2.24) is 0 Å².